The van der Waals surface area contributed by atoms with Crippen molar-refractivity contribution in [2.24, 2.45) is 10.8 Å². The van der Waals surface area contributed by atoms with Gasteiger partial charge in [-0.15, -0.1) is 0 Å². The third kappa shape index (κ3) is 47.4. The summed E-state index contributed by atoms with van der Waals surface area (Å²) in [5.74, 6) is -0.383. The van der Waals surface area contributed by atoms with Gasteiger partial charge in [-0.2, -0.15) is 0 Å². The fraction of sp³-hybridized carbons (Fsp3) is 0.676. The minimum Gasteiger partial charge on any atom is -0.379 e. The van der Waals surface area contributed by atoms with Crippen LogP contribution in [-0.2, 0) is 71.3 Å². The summed E-state index contributed by atoms with van der Waals surface area (Å²) in [6.07, 6.45) is 34.8. The molecule has 93 heavy (non-hydrogen) atoms. The maximum absolute atomic E-state index is 12.3. The van der Waals surface area contributed by atoms with E-state index < -0.39 is 0 Å². The molecular weight excluding hydrogens is 1180 g/mol. The minimum absolute atomic E-state index is 0.0739. The minimum atomic E-state index is -0.118. The highest BCUT2D eigenvalue weighted by atomic mass is 16.6. The number of amides is 4. The first-order chi connectivity index (χ1) is 44.9. The predicted octanol–water partition coefficient (Wildman–Crippen LogP) is 11.0. The van der Waals surface area contributed by atoms with E-state index in [0.717, 1.165) is 11.1 Å². The van der Waals surface area contributed by atoms with Gasteiger partial charge in [0, 0.05) is 77.6 Å². The Morgan fingerprint density at radius 1 is 0.366 bits per heavy atom. The molecule has 0 bridgehead atoms. The molecular formula is C74H122N4O15. The van der Waals surface area contributed by atoms with E-state index in [2.05, 4.69) is 113 Å². The van der Waals surface area contributed by atoms with Crippen LogP contribution >= 0.6 is 0 Å². The van der Waals surface area contributed by atoms with Crippen molar-refractivity contribution in [1.82, 2.24) is 21.3 Å². The molecule has 4 N–H and O–H groups in total. The topological polar surface area (TPSA) is 218 Å². The summed E-state index contributed by atoms with van der Waals surface area (Å²) in [5, 5.41) is 11.6. The number of hydrogen-bond donors (Lipinski definition) is 4. The maximum atomic E-state index is 12.3. The Hall–Kier alpha value is -5.16. The predicted molar refractivity (Wildman–Crippen MR) is 371 cm³/mol. The van der Waals surface area contributed by atoms with Gasteiger partial charge in [-0.25, -0.2) is 0 Å². The van der Waals surface area contributed by atoms with Crippen LogP contribution in [0.1, 0.15) is 146 Å². The monoisotopic (exact) mass is 1310 g/mol. The summed E-state index contributed by atoms with van der Waals surface area (Å²) in [6.45, 7) is 33.6. The normalized spacial score (nSPS) is 15.8. The third-order valence-electron chi connectivity index (χ3n) is 15.3. The molecule has 2 aliphatic rings. The summed E-state index contributed by atoms with van der Waals surface area (Å²) < 4.78 is 61.1. The molecule has 0 atom stereocenters. The zero-order valence-corrected chi connectivity index (χ0v) is 58.9. The van der Waals surface area contributed by atoms with Crippen molar-refractivity contribution in [3.05, 3.63) is 117 Å². The first kappa shape index (κ1) is 83.9. The summed E-state index contributed by atoms with van der Waals surface area (Å²) in [4.78, 5) is 48.8. The largest absolute Gasteiger partial charge is 0.379 e. The second-order valence-electron chi connectivity index (χ2n) is 24.8. The molecule has 0 aromatic heterocycles. The molecule has 0 radical (unpaired) electrons. The van der Waals surface area contributed by atoms with Crippen LogP contribution in [0, 0.1) is 10.8 Å². The molecule has 0 aliphatic heterocycles. The average molecular weight is 1310 g/mol. The smallest absolute Gasteiger partial charge is 0.244 e. The maximum Gasteiger partial charge on any atom is 0.244 e. The molecule has 0 saturated carbocycles. The van der Waals surface area contributed by atoms with Crippen molar-refractivity contribution in [1.29, 1.82) is 0 Å². The van der Waals surface area contributed by atoms with E-state index in [0.29, 0.717) is 197 Å². The van der Waals surface area contributed by atoms with Crippen LogP contribution in [0.2, 0.25) is 0 Å². The number of ether oxygens (including phenoxy) is 11. The van der Waals surface area contributed by atoms with Gasteiger partial charge in [0.2, 0.25) is 23.6 Å². The molecule has 2 rings (SSSR count). The van der Waals surface area contributed by atoms with Gasteiger partial charge in [0.1, 0.15) is 0 Å². The van der Waals surface area contributed by atoms with E-state index in [1.165, 1.54) is 72.0 Å². The molecule has 0 aromatic carbocycles. The Kier molecular flexibility index (Phi) is 49.7. The first-order valence-electron chi connectivity index (χ1n) is 34.2. The summed E-state index contributed by atoms with van der Waals surface area (Å²) >= 11 is 0. The quantitative estimate of drug-likeness (QED) is 0.0253. The number of hydrogen-bond acceptors (Lipinski definition) is 15. The van der Waals surface area contributed by atoms with Gasteiger partial charge < -0.3 is 73.4 Å². The van der Waals surface area contributed by atoms with Crippen molar-refractivity contribution in [3.63, 3.8) is 0 Å². The lowest BCUT2D eigenvalue weighted by Gasteiger charge is -2.33. The molecule has 0 saturated heterocycles. The zero-order chi connectivity index (χ0) is 67.9. The van der Waals surface area contributed by atoms with E-state index >= 15 is 0 Å². The van der Waals surface area contributed by atoms with Crippen LogP contribution < -0.4 is 21.3 Å². The molecule has 0 aromatic rings. The van der Waals surface area contributed by atoms with Gasteiger partial charge in [-0.3, -0.25) is 19.2 Å². The Morgan fingerprint density at radius 3 is 0.925 bits per heavy atom. The van der Waals surface area contributed by atoms with Crippen LogP contribution in [0.15, 0.2) is 117 Å². The van der Waals surface area contributed by atoms with E-state index in [1.807, 2.05) is 38.2 Å². The van der Waals surface area contributed by atoms with Gasteiger partial charge in [-0.1, -0.05) is 111 Å². The van der Waals surface area contributed by atoms with E-state index in [-0.39, 0.29) is 47.3 Å². The summed E-state index contributed by atoms with van der Waals surface area (Å²) in [6, 6.07) is 0. The summed E-state index contributed by atoms with van der Waals surface area (Å²) in [7, 11) is 0. The average Bonchev–Trinajstić information content (AvgIpc) is 0.996. The van der Waals surface area contributed by atoms with E-state index in [4.69, 9.17) is 52.1 Å². The molecule has 4 amide bonds. The van der Waals surface area contributed by atoms with Crippen molar-refractivity contribution in [2.45, 2.75) is 146 Å². The van der Waals surface area contributed by atoms with Gasteiger partial charge >= 0.3 is 0 Å². The highest BCUT2D eigenvalue weighted by Gasteiger charge is 2.27. The fourth-order valence-electron chi connectivity index (χ4n) is 10.0. The Labute approximate surface area is 560 Å². The van der Waals surface area contributed by atoms with E-state index in [9.17, 15) is 19.2 Å². The Morgan fingerprint density at radius 2 is 0.634 bits per heavy atom. The lowest BCUT2D eigenvalue weighted by molar-refractivity contribution is -0.123. The lowest BCUT2D eigenvalue weighted by Crippen LogP contribution is -2.26. The SMILES string of the molecule is CC(C=CC1=C(C)CCCC1(C)C)=CC=CC(C)=CC(=O)NCCCOCCOCCOCCCNC(=O)CCOCCOCCOCCOCCOCCC(=O)NCCCOCCOCCOCCCNC(=O)C=C(C)C=CC=C(C)C=CC1=C(C)CCCC1(C)C. The van der Waals surface area contributed by atoms with Gasteiger partial charge in [0.15, 0.2) is 0 Å². The number of carbonyl (C=O) groups is 4. The second kappa shape index (κ2) is 55.0. The van der Waals surface area contributed by atoms with Crippen molar-refractivity contribution >= 4 is 23.6 Å². The zero-order valence-electron chi connectivity index (χ0n) is 58.9. The third-order valence-corrected chi connectivity index (χ3v) is 15.3. The fourth-order valence-corrected chi connectivity index (χ4v) is 10.0. The number of rotatable bonds is 56. The van der Waals surface area contributed by atoms with Crippen LogP contribution in [0.4, 0.5) is 0 Å². The van der Waals surface area contributed by atoms with Crippen LogP contribution in [0.25, 0.3) is 0 Å². The second-order valence-corrected chi connectivity index (χ2v) is 24.8. The molecule has 0 spiro atoms. The standard InChI is InChI=1S/C74H122N4O15/c1-61(25-27-67-65(5)23-13-31-73(67,7)8)19-11-21-63(3)59-71(81)77-35-17-39-85-45-51-89-49-43-83-37-15-33-75-69(79)29-41-87-47-53-91-55-57-93-58-56-92-54-48-88-42-30-70(80)76-34-16-38-84-44-50-90-52-46-86-40-18-36-78-72(82)60-64(4)22-12-20-62(2)26-28-68-66(6)24-14-32-74(68,9)10/h11-12,19-22,25-28,59-60H,13-18,23-24,29-58H2,1-10H3,(H,75,79)(H,76,80)(H,77,81)(H,78,82). The van der Waals surface area contributed by atoms with Crippen LogP contribution in [-0.4, -0.2) is 195 Å². The molecule has 2 aliphatic carbocycles. The molecule has 19 heteroatoms. The number of carbonyl (C=O) groups excluding carboxylic acids is 4. The van der Waals surface area contributed by atoms with Crippen LogP contribution in [0.3, 0.4) is 0 Å². The molecule has 0 unspecified atom stereocenters. The van der Waals surface area contributed by atoms with Crippen LogP contribution in [0.5, 0.6) is 0 Å². The van der Waals surface area contributed by atoms with E-state index in [1.54, 1.807) is 12.2 Å². The number of nitrogens with one attached hydrogen (secondary N) is 4. The van der Waals surface area contributed by atoms with Gasteiger partial charge in [0.05, 0.1) is 119 Å². The van der Waals surface area contributed by atoms with Crippen molar-refractivity contribution in [3.8, 4) is 0 Å². The van der Waals surface area contributed by atoms with Crippen molar-refractivity contribution in [2.75, 3.05) is 172 Å². The van der Waals surface area contributed by atoms with Crippen molar-refractivity contribution < 1.29 is 71.3 Å². The highest BCUT2D eigenvalue weighted by Crippen LogP contribution is 2.42. The molecule has 0 heterocycles. The molecule has 528 valence electrons. The number of allylic oxidation sites excluding steroid dienone is 18. The molecule has 19 nitrogen and oxygen atoms in total. The molecule has 0 fully saturated rings. The first-order valence-corrected chi connectivity index (χ1v) is 34.2. The lowest BCUT2D eigenvalue weighted by atomic mass is 9.72. The highest BCUT2D eigenvalue weighted by molar-refractivity contribution is 5.89. The Bertz CT molecular complexity index is 2240. The Balaban J connectivity index is 1.23. The summed E-state index contributed by atoms with van der Waals surface area (Å²) in [5.41, 5.74) is 10.4. The van der Waals surface area contributed by atoms with Gasteiger partial charge in [0.25, 0.3) is 0 Å². The van der Waals surface area contributed by atoms with Gasteiger partial charge in [-0.05, 0) is 139 Å².